The van der Waals surface area contributed by atoms with Crippen LogP contribution in [0.1, 0.15) is 120 Å². The Bertz CT molecular complexity index is 2330. The Morgan fingerprint density at radius 2 is 1.38 bits per heavy atom. The smallest absolute Gasteiger partial charge is 0.329 e. The molecule has 2 rings (SSSR count). The molecule has 1 aliphatic rings. The van der Waals surface area contributed by atoms with Gasteiger partial charge in [-0.2, -0.15) is 0 Å². The standard InChI is InChI=1S/C54H86ClN11O15/c1-12-16-35-48(74)61-36(19-20-41(56)70)49(75)64-45(32(9)68)52(78)62-38(23-34-17-14-13-15-18-34)53(79)66(11)39(22-28(4)5)51(77)59-31(8)47(73)63-44(29(6)30(7)55)54(80)81-33(10)46(40(69)24-42(71)57-25-43(72)60-35)65-50(76)37(58-26-67)21-27(2)3/h13-15,17-18,26-33,35-40,44-46,68-69H,12,16,19-25H2,1-11H3,(H2,56,70)(H,57,71)(H,58,67)(H,59,77)(H,60,72)(H,61,74)(H,62,78)(H,63,73)(H,64,75)(H,65,76). The molecule has 14 unspecified atom stereocenters. The van der Waals surface area contributed by atoms with Crippen LogP contribution in [0.2, 0.25) is 0 Å². The van der Waals surface area contributed by atoms with Gasteiger partial charge in [-0.3, -0.25) is 52.7 Å². The number of hydrogen-bond donors (Lipinski definition) is 12. The molecular formula is C54H86ClN11O15. The van der Waals surface area contributed by atoms with Crippen molar-refractivity contribution >= 4 is 83.1 Å². The van der Waals surface area contributed by atoms with Crippen LogP contribution < -0.4 is 53.6 Å². The number of carbonyl (C=O) groups is 12. The van der Waals surface area contributed by atoms with E-state index in [0.29, 0.717) is 18.4 Å². The third kappa shape index (κ3) is 23.6. The highest BCUT2D eigenvalue weighted by atomic mass is 35.5. The first kappa shape index (κ1) is 70.2. The monoisotopic (exact) mass is 1160 g/mol. The summed E-state index contributed by atoms with van der Waals surface area (Å²) in [6.45, 7) is 14.9. The van der Waals surface area contributed by atoms with Crippen molar-refractivity contribution in [2.45, 2.75) is 199 Å². The summed E-state index contributed by atoms with van der Waals surface area (Å²) >= 11 is 6.49. The van der Waals surface area contributed by atoms with Gasteiger partial charge in [-0.1, -0.05) is 78.3 Å². The number of nitrogens with two attached hydrogens (primary N) is 1. The van der Waals surface area contributed by atoms with Crippen LogP contribution in [0.4, 0.5) is 0 Å². The van der Waals surface area contributed by atoms with Gasteiger partial charge >= 0.3 is 5.97 Å². The van der Waals surface area contributed by atoms with Gasteiger partial charge in [0.2, 0.25) is 65.5 Å². The number of amides is 11. The Labute approximate surface area is 478 Å². The molecule has 1 aromatic carbocycles. The number of likely N-dealkylation sites (N-methyl/N-ethyl adjacent to an activating group) is 1. The Morgan fingerprint density at radius 1 is 0.790 bits per heavy atom. The van der Waals surface area contributed by atoms with Gasteiger partial charge in [0.1, 0.15) is 54.4 Å². The van der Waals surface area contributed by atoms with E-state index in [2.05, 4.69) is 47.9 Å². The molecule has 0 spiro atoms. The third-order valence-electron chi connectivity index (χ3n) is 13.5. The summed E-state index contributed by atoms with van der Waals surface area (Å²) in [6.07, 6.45) is -6.09. The zero-order valence-electron chi connectivity index (χ0n) is 48.2. The second kappa shape index (κ2) is 34.4. The quantitative estimate of drug-likeness (QED) is 0.0438. The molecule has 26 nitrogen and oxygen atoms in total. The van der Waals surface area contributed by atoms with Crippen LogP contribution in [-0.2, 0) is 68.7 Å². The number of aliphatic hydroxyl groups excluding tert-OH is 2. The number of ether oxygens (including phenoxy) is 1. The molecule has 0 aliphatic carbocycles. The molecule has 1 fully saturated rings. The molecule has 11 amide bonds. The molecule has 0 saturated carbocycles. The van der Waals surface area contributed by atoms with Crippen LogP contribution in [0, 0.1) is 17.8 Å². The maximum atomic E-state index is 14.7. The topological polar surface area (TPSA) is 392 Å². The lowest BCUT2D eigenvalue weighted by atomic mass is 9.97. The predicted molar refractivity (Wildman–Crippen MR) is 296 cm³/mol. The van der Waals surface area contributed by atoms with Crippen molar-refractivity contribution < 1.29 is 72.5 Å². The Morgan fingerprint density at radius 3 is 1.94 bits per heavy atom. The van der Waals surface area contributed by atoms with Crippen molar-refractivity contribution in [1.82, 2.24) is 52.8 Å². The van der Waals surface area contributed by atoms with Gasteiger partial charge in [0, 0.05) is 31.2 Å². The van der Waals surface area contributed by atoms with Gasteiger partial charge in [-0.25, -0.2) is 4.79 Å². The number of rotatable bonds is 18. The number of cyclic esters (lactones) is 1. The zero-order valence-corrected chi connectivity index (χ0v) is 48.9. The number of benzene rings is 1. The van der Waals surface area contributed by atoms with Gasteiger partial charge in [0.05, 0.1) is 31.2 Å². The van der Waals surface area contributed by atoms with E-state index in [1.807, 2.05) is 0 Å². The first-order chi connectivity index (χ1) is 37.9. The Kier molecular flexibility index (Phi) is 29.8. The lowest BCUT2D eigenvalue weighted by Crippen LogP contribution is -2.62. The van der Waals surface area contributed by atoms with Crippen LogP contribution in [0.5, 0.6) is 0 Å². The molecule has 0 aromatic heterocycles. The van der Waals surface area contributed by atoms with E-state index in [1.54, 1.807) is 71.9 Å². The van der Waals surface area contributed by atoms with Crippen molar-refractivity contribution in [2.75, 3.05) is 13.6 Å². The van der Waals surface area contributed by atoms with E-state index >= 15 is 0 Å². The minimum atomic E-state index is -1.86. The molecule has 1 aliphatic heterocycles. The van der Waals surface area contributed by atoms with Crippen LogP contribution in [0.15, 0.2) is 30.3 Å². The predicted octanol–water partition coefficient (Wildman–Crippen LogP) is -1.80. The van der Waals surface area contributed by atoms with E-state index < -0.39 is 175 Å². The average Bonchev–Trinajstić information content (AvgIpc) is 3.39. The number of nitrogens with zero attached hydrogens (tertiary/aromatic N) is 1. The highest BCUT2D eigenvalue weighted by molar-refractivity contribution is 6.20. The van der Waals surface area contributed by atoms with Gasteiger partial charge in [-0.15, -0.1) is 11.6 Å². The first-order valence-electron chi connectivity index (χ1n) is 27.3. The molecule has 0 bridgehead atoms. The number of aliphatic hydroxyl groups is 2. The summed E-state index contributed by atoms with van der Waals surface area (Å²) in [5.41, 5.74) is 5.97. The van der Waals surface area contributed by atoms with Crippen molar-refractivity contribution in [3.05, 3.63) is 35.9 Å². The van der Waals surface area contributed by atoms with Crippen molar-refractivity contribution in [1.29, 1.82) is 0 Å². The average molecular weight is 1160 g/mol. The molecule has 14 atom stereocenters. The zero-order chi connectivity index (χ0) is 61.4. The number of nitrogens with one attached hydrogen (secondary N) is 9. The Hall–Kier alpha value is -6.93. The van der Waals surface area contributed by atoms with Crippen molar-refractivity contribution in [3.63, 3.8) is 0 Å². The van der Waals surface area contributed by atoms with Gasteiger partial charge in [-0.05, 0) is 70.8 Å². The maximum absolute atomic E-state index is 14.7. The summed E-state index contributed by atoms with van der Waals surface area (Å²) in [7, 11) is 1.32. The van der Waals surface area contributed by atoms with Crippen LogP contribution in [0.3, 0.4) is 0 Å². The van der Waals surface area contributed by atoms with E-state index in [9.17, 15) is 67.7 Å². The first-order valence-corrected chi connectivity index (χ1v) is 27.7. The molecule has 81 heavy (non-hydrogen) atoms. The van der Waals surface area contributed by atoms with E-state index in [0.717, 1.165) is 4.90 Å². The highest BCUT2D eigenvalue weighted by Crippen LogP contribution is 2.20. The third-order valence-corrected chi connectivity index (χ3v) is 13.9. The molecule has 1 heterocycles. The molecule has 13 N–H and O–H groups in total. The number of alkyl halides is 1. The molecule has 0 radical (unpaired) electrons. The summed E-state index contributed by atoms with van der Waals surface area (Å²) in [5, 5.41) is 44.2. The molecule has 1 aromatic rings. The summed E-state index contributed by atoms with van der Waals surface area (Å²) < 4.78 is 5.81. The highest BCUT2D eigenvalue weighted by Gasteiger charge is 2.41. The van der Waals surface area contributed by atoms with Crippen LogP contribution >= 0.6 is 11.6 Å². The molecule has 454 valence electrons. The van der Waals surface area contributed by atoms with Crippen LogP contribution in [-0.4, -0.2) is 178 Å². The SMILES string of the molecule is CCCC1NC(=O)CNC(=O)CC(O)C(NC(=O)C(CC(C)C)NC=O)C(C)OC(=O)C(C(C)C(C)Cl)NC(=O)C(C)NC(=O)C(CC(C)C)N(C)C(=O)C(Cc2ccccc2)NC(=O)C(C(C)O)NC(=O)C(CCC(N)=O)NC1=O. The van der Waals surface area contributed by atoms with Gasteiger partial charge < -0.3 is 73.4 Å². The summed E-state index contributed by atoms with van der Waals surface area (Å²) in [6, 6.07) is -4.73. The largest absolute Gasteiger partial charge is 0.459 e. The van der Waals surface area contributed by atoms with E-state index in [4.69, 9.17) is 22.1 Å². The van der Waals surface area contributed by atoms with E-state index in [-0.39, 0.29) is 37.5 Å². The number of carbonyl (C=O) groups excluding carboxylic acids is 12. The summed E-state index contributed by atoms with van der Waals surface area (Å²) in [5.74, 6) is -11.5. The molecule has 27 heteroatoms. The Balaban J connectivity index is 2.84. The minimum absolute atomic E-state index is 0.0149. The van der Waals surface area contributed by atoms with Crippen LogP contribution in [0.25, 0.3) is 0 Å². The van der Waals surface area contributed by atoms with E-state index in [1.165, 1.54) is 34.7 Å². The lowest BCUT2D eigenvalue weighted by Gasteiger charge is -2.34. The number of esters is 1. The minimum Gasteiger partial charge on any atom is -0.459 e. The fourth-order valence-electron chi connectivity index (χ4n) is 8.70. The second-order valence-corrected chi connectivity index (χ2v) is 22.2. The number of halogens is 1. The van der Waals surface area contributed by atoms with Gasteiger partial charge in [0.15, 0.2) is 0 Å². The fourth-order valence-corrected chi connectivity index (χ4v) is 8.85. The molecular weight excluding hydrogens is 1080 g/mol. The van der Waals surface area contributed by atoms with Gasteiger partial charge in [0.25, 0.3) is 0 Å². The fraction of sp³-hybridized carbons (Fsp3) is 0.667. The summed E-state index contributed by atoms with van der Waals surface area (Å²) in [4.78, 5) is 165. The lowest BCUT2D eigenvalue weighted by molar-refractivity contribution is -0.158. The van der Waals surface area contributed by atoms with Crippen molar-refractivity contribution in [3.8, 4) is 0 Å². The number of primary amides is 1. The molecule has 1 saturated heterocycles. The maximum Gasteiger partial charge on any atom is 0.329 e. The normalized spacial score (nSPS) is 26.6. The number of hydrogen-bond acceptors (Lipinski definition) is 15. The van der Waals surface area contributed by atoms with Crippen molar-refractivity contribution in [2.24, 2.45) is 23.5 Å². The second-order valence-electron chi connectivity index (χ2n) is 21.5.